The average Bonchev–Trinajstić information content (AvgIpc) is 3.06. The van der Waals surface area contributed by atoms with E-state index >= 15 is 0 Å². The van der Waals surface area contributed by atoms with Gasteiger partial charge >= 0.3 is 0 Å². The largest absolute Gasteiger partial charge is 0.454 e. The number of nitrogens with one attached hydrogen (secondary N) is 1. The molecule has 3 aromatic rings. The minimum absolute atomic E-state index is 0.000749. The van der Waals surface area contributed by atoms with Gasteiger partial charge in [-0.05, 0) is 42.0 Å². The zero-order valence-corrected chi connectivity index (χ0v) is 16.7. The summed E-state index contributed by atoms with van der Waals surface area (Å²) in [6.45, 7) is 0.268. The second-order valence-electron chi connectivity index (χ2n) is 7.38. The second-order valence-corrected chi connectivity index (χ2v) is 7.38. The highest BCUT2D eigenvalue weighted by Crippen LogP contribution is 2.37. The molecule has 158 valence electrons. The van der Waals surface area contributed by atoms with Gasteiger partial charge in [0.15, 0.2) is 11.6 Å². The molecule has 1 heterocycles. The Morgan fingerprint density at radius 1 is 1.00 bits per heavy atom. The fourth-order valence-corrected chi connectivity index (χ4v) is 3.71. The van der Waals surface area contributed by atoms with Gasteiger partial charge in [-0.2, -0.15) is 0 Å². The Hall–Kier alpha value is -3.74. The first-order chi connectivity index (χ1) is 14.9. The van der Waals surface area contributed by atoms with Crippen LogP contribution >= 0.6 is 0 Å². The highest BCUT2D eigenvalue weighted by molar-refractivity contribution is 6.08. The third-order valence-corrected chi connectivity index (χ3v) is 5.28. The number of rotatable bonds is 5. The van der Waals surface area contributed by atoms with Crippen LogP contribution in [0.1, 0.15) is 11.5 Å². The summed E-state index contributed by atoms with van der Waals surface area (Å²) in [7, 11) is 1.59. The van der Waals surface area contributed by atoms with E-state index < -0.39 is 29.4 Å². The number of carbonyl (C=O) groups is 2. The lowest BCUT2D eigenvalue weighted by atomic mass is 9.87. The van der Waals surface area contributed by atoms with Crippen molar-refractivity contribution in [1.82, 2.24) is 4.90 Å². The highest BCUT2D eigenvalue weighted by Gasteiger charge is 2.44. The average molecular weight is 422 g/mol. The molecule has 2 atom stereocenters. The Morgan fingerprint density at radius 2 is 1.71 bits per heavy atom. The van der Waals surface area contributed by atoms with Crippen LogP contribution < -0.4 is 10.1 Å². The number of amides is 2. The van der Waals surface area contributed by atoms with Gasteiger partial charge in [0, 0.05) is 19.5 Å². The Kier molecular flexibility index (Phi) is 5.66. The zero-order chi connectivity index (χ0) is 22.0. The number of para-hydroxylation sites is 2. The lowest BCUT2D eigenvalue weighted by Crippen LogP contribution is -2.33. The summed E-state index contributed by atoms with van der Waals surface area (Å²) in [5.74, 6) is -3.29. The smallest absolute Gasteiger partial charge is 0.237 e. The van der Waals surface area contributed by atoms with Crippen LogP contribution in [0.25, 0.3) is 0 Å². The lowest BCUT2D eigenvalue weighted by molar-refractivity contribution is -0.135. The van der Waals surface area contributed by atoms with Crippen molar-refractivity contribution in [3.05, 3.63) is 90.0 Å². The van der Waals surface area contributed by atoms with Gasteiger partial charge in [-0.3, -0.25) is 9.59 Å². The number of ether oxygens (including phenoxy) is 1. The molecule has 7 heteroatoms. The molecule has 2 amide bonds. The number of anilines is 1. The fraction of sp³-hybridized carbons (Fsp3) is 0.167. The molecule has 0 aromatic heterocycles. The van der Waals surface area contributed by atoms with Gasteiger partial charge in [0.25, 0.3) is 0 Å². The molecule has 1 fully saturated rings. The van der Waals surface area contributed by atoms with E-state index in [2.05, 4.69) is 5.32 Å². The Morgan fingerprint density at radius 3 is 2.45 bits per heavy atom. The van der Waals surface area contributed by atoms with Gasteiger partial charge in [-0.1, -0.05) is 36.4 Å². The first kappa shape index (κ1) is 20.5. The molecule has 0 saturated carbocycles. The molecule has 0 unspecified atom stereocenters. The van der Waals surface area contributed by atoms with Crippen molar-refractivity contribution >= 4 is 17.5 Å². The summed E-state index contributed by atoms with van der Waals surface area (Å²) < 4.78 is 34.0. The molecular formula is C24H20F2N2O3. The lowest BCUT2D eigenvalue weighted by Gasteiger charge is -2.18. The van der Waals surface area contributed by atoms with Crippen LogP contribution in [0.3, 0.4) is 0 Å². The number of hydrogen-bond acceptors (Lipinski definition) is 3. The van der Waals surface area contributed by atoms with Crippen molar-refractivity contribution in [2.24, 2.45) is 5.92 Å². The maximum absolute atomic E-state index is 14.4. The number of benzene rings is 3. The number of likely N-dealkylation sites (tertiary alicyclic amines) is 1. The van der Waals surface area contributed by atoms with Crippen molar-refractivity contribution in [2.75, 3.05) is 18.9 Å². The van der Waals surface area contributed by atoms with Crippen molar-refractivity contribution in [1.29, 1.82) is 0 Å². The molecule has 1 aliphatic heterocycles. The summed E-state index contributed by atoms with van der Waals surface area (Å²) >= 11 is 0. The van der Waals surface area contributed by atoms with Crippen LogP contribution in [0.2, 0.25) is 0 Å². The Labute approximate surface area is 178 Å². The molecular weight excluding hydrogens is 402 g/mol. The number of nitrogens with zero attached hydrogens (tertiary/aromatic N) is 1. The van der Waals surface area contributed by atoms with Crippen LogP contribution in [-0.4, -0.2) is 30.3 Å². The van der Waals surface area contributed by atoms with Gasteiger partial charge < -0.3 is 15.0 Å². The minimum Gasteiger partial charge on any atom is -0.454 e. The monoisotopic (exact) mass is 422 g/mol. The molecule has 0 bridgehead atoms. The van der Waals surface area contributed by atoms with Crippen LogP contribution in [-0.2, 0) is 9.59 Å². The molecule has 4 rings (SSSR count). The van der Waals surface area contributed by atoms with E-state index in [0.29, 0.717) is 11.3 Å². The van der Waals surface area contributed by atoms with Crippen LogP contribution in [0.4, 0.5) is 14.5 Å². The molecule has 0 aliphatic carbocycles. The SMILES string of the molecule is CN1C[C@H](c2ccc(F)c(Oc3ccccc3)c2)[C@@H](C(=O)Nc2ccccc2F)C1=O. The molecule has 1 aliphatic rings. The first-order valence-corrected chi connectivity index (χ1v) is 9.77. The van der Waals surface area contributed by atoms with E-state index in [1.54, 1.807) is 37.4 Å². The molecule has 0 spiro atoms. The summed E-state index contributed by atoms with van der Waals surface area (Å²) in [5, 5.41) is 2.50. The van der Waals surface area contributed by atoms with E-state index in [-0.39, 0.29) is 23.9 Å². The van der Waals surface area contributed by atoms with Crippen molar-refractivity contribution in [3.8, 4) is 11.5 Å². The predicted molar refractivity (Wildman–Crippen MR) is 112 cm³/mol. The summed E-state index contributed by atoms with van der Waals surface area (Å²) in [4.78, 5) is 27.1. The Bertz CT molecular complexity index is 1120. The number of likely N-dealkylation sites (N-methyl/N-ethyl adjacent to an activating group) is 1. The fourth-order valence-electron chi connectivity index (χ4n) is 3.71. The molecule has 5 nitrogen and oxygen atoms in total. The zero-order valence-electron chi connectivity index (χ0n) is 16.7. The van der Waals surface area contributed by atoms with Gasteiger partial charge in [0.1, 0.15) is 17.5 Å². The third kappa shape index (κ3) is 4.26. The minimum atomic E-state index is -1.07. The van der Waals surface area contributed by atoms with E-state index in [1.165, 1.54) is 41.3 Å². The molecule has 1 N–H and O–H groups in total. The van der Waals surface area contributed by atoms with Gasteiger partial charge in [-0.15, -0.1) is 0 Å². The van der Waals surface area contributed by atoms with Crippen molar-refractivity contribution < 1.29 is 23.1 Å². The van der Waals surface area contributed by atoms with Gasteiger partial charge in [0.05, 0.1) is 5.69 Å². The number of carbonyl (C=O) groups excluding carboxylic acids is 2. The van der Waals surface area contributed by atoms with E-state index in [1.807, 2.05) is 6.07 Å². The summed E-state index contributed by atoms with van der Waals surface area (Å²) in [6, 6.07) is 18.8. The standard InChI is InChI=1S/C24H20F2N2O3/c1-28-14-17(22(24(28)30)23(29)27-20-10-6-5-9-18(20)25)15-11-12-19(26)21(13-15)31-16-7-3-2-4-8-16/h2-13,17,22H,14H2,1H3,(H,27,29)/t17-,22+/m1/s1. The predicted octanol–water partition coefficient (Wildman–Crippen LogP) is 4.57. The number of halogens is 2. The second kappa shape index (κ2) is 8.55. The quantitative estimate of drug-likeness (QED) is 0.613. The van der Waals surface area contributed by atoms with E-state index in [4.69, 9.17) is 4.74 Å². The van der Waals surface area contributed by atoms with E-state index in [9.17, 15) is 18.4 Å². The van der Waals surface area contributed by atoms with Crippen LogP contribution in [0.5, 0.6) is 11.5 Å². The normalized spacial score (nSPS) is 18.2. The molecule has 0 radical (unpaired) electrons. The highest BCUT2D eigenvalue weighted by atomic mass is 19.1. The van der Waals surface area contributed by atoms with Gasteiger partial charge in [0.2, 0.25) is 11.8 Å². The van der Waals surface area contributed by atoms with Crippen molar-refractivity contribution in [2.45, 2.75) is 5.92 Å². The third-order valence-electron chi connectivity index (χ3n) is 5.28. The van der Waals surface area contributed by atoms with Crippen LogP contribution in [0, 0.1) is 17.6 Å². The molecule has 1 saturated heterocycles. The Balaban J connectivity index is 1.62. The van der Waals surface area contributed by atoms with Crippen LogP contribution in [0.15, 0.2) is 72.8 Å². The van der Waals surface area contributed by atoms with Crippen molar-refractivity contribution in [3.63, 3.8) is 0 Å². The van der Waals surface area contributed by atoms with E-state index in [0.717, 1.165) is 0 Å². The maximum atomic E-state index is 14.4. The maximum Gasteiger partial charge on any atom is 0.237 e. The summed E-state index contributed by atoms with van der Waals surface area (Å²) in [5.41, 5.74) is 0.583. The first-order valence-electron chi connectivity index (χ1n) is 9.77. The topological polar surface area (TPSA) is 58.6 Å². The summed E-state index contributed by atoms with van der Waals surface area (Å²) in [6.07, 6.45) is 0. The molecule has 3 aromatic carbocycles. The molecule has 31 heavy (non-hydrogen) atoms. The van der Waals surface area contributed by atoms with Gasteiger partial charge in [-0.25, -0.2) is 8.78 Å². The number of hydrogen-bond donors (Lipinski definition) is 1.